The van der Waals surface area contributed by atoms with Crippen LogP contribution in [0.25, 0.3) is 0 Å². The van der Waals surface area contributed by atoms with Crippen LogP contribution in [0.1, 0.15) is 125 Å². The van der Waals surface area contributed by atoms with Crippen LogP contribution in [0.4, 0.5) is 0 Å². The summed E-state index contributed by atoms with van der Waals surface area (Å²) in [6, 6.07) is 0. The third-order valence-electron chi connectivity index (χ3n) is 8.87. The number of carbonyl (C=O) groups is 1. The van der Waals surface area contributed by atoms with Crippen LogP contribution in [0.15, 0.2) is 0 Å². The molecule has 2 aliphatic heterocycles. The van der Waals surface area contributed by atoms with Gasteiger partial charge >= 0.3 is 0 Å². The van der Waals surface area contributed by atoms with E-state index in [0.29, 0.717) is 6.42 Å². The van der Waals surface area contributed by atoms with E-state index in [2.05, 4.69) is 13.8 Å². The Balaban J connectivity index is 2.16. The molecule has 0 radical (unpaired) electrons. The summed E-state index contributed by atoms with van der Waals surface area (Å²) < 4.78 is 23.8. The van der Waals surface area contributed by atoms with E-state index in [0.717, 1.165) is 57.8 Å². The molecule has 0 saturated carbocycles. The van der Waals surface area contributed by atoms with Crippen LogP contribution in [-0.2, 0) is 23.7 Å². The van der Waals surface area contributed by atoms with Gasteiger partial charge in [0, 0.05) is 12.3 Å². The van der Waals surface area contributed by atoms with Crippen molar-refractivity contribution >= 4 is 5.78 Å². The average Bonchev–Trinajstić information content (AvgIpc) is 2.96. The van der Waals surface area contributed by atoms with E-state index in [1.807, 2.05) is 6.92 Å². The molecule has 12 unspecified atom stereocenters. The van der Waals surface area contributed by atoms with Gasteiger partial charge in [-0.15, -0.1) is 0 Å². The third-order valence-corrected chi connectivity index (χ3v) is 8.87. The van der Waals surface area contributed by atoms with E-state index < -0.39 is 67.5 Å². The summed E-state index contributed by atoms with van der Waals surface area (Å²) in [5.41, 5.74) is 0. The Labute approximate surface area is 253 Å². The predicted molar refractivity (Wildman–Crippen MR) is 159 cm³/mol. The second-order valence-corrected chi connectivity index (χ2v) is 12.4. The van der Waals surface area contributed by atoms with Crippen LogP contribution < -0.4 is 0 Å². The first-order valence-corrected chi connectivity index (χ1v) is 16.6. The molecule has 0 spiro atoms. The number of unbranched alkanes of at least 4 members (excludes halogenated alkanes) is 8. The van der Waals surface area contributed by atoms with E-state index >= 15 is 0 Å². The maximum atomic E-state index is 13.5. The molecule has 0 amide bonds. The number of aliphatic hydroxyl groups is 5. The molecule has 2 aliphatic rings. The zero-order chi connectivity index (χ0) is 31.2. The first-order valence-electron chi connectivity index (χ1n) is 16.6. The molecule has 0 aromatic carbocycles. The molecule has 12 atom stereocenters. The third kappa shape index (κ3) is 11.3. The number of ketones is 1. The zero-order valence-corrected chi connectivity index (χ0v) is 26.6. The van der Waals surface area contributed by atoms with Crippen LogP contribution in [-0.4, -0.2) is 98.8 Å². The van der Waals surface area contributed by atoms with Gasteiger partial charge < -0.3 is 44.5 Å². The fourth-order valence-electron chi connectivity index (χ4n) is 5.90. The second-order valence-electron chi connectivity index (χ2n) is 12.4. The summed E-state index contributed by atoms with van der Waals surface area (Å²) >= 11 is 0. The Morgan fingerprint density at radius 1 is 0.667 bits per heavy atom. The molecule has 5 N–H and O–H groups in total. The molecule has 2 saturated heterocycles. The van der Waals surface area contributed by atoms with E-state index in [9.17, 15) is 30.3 Å². The molecular weight excluding hydrogens is 544 g/mol. The van der Waals surface area contributed by atoms with Crippen LogP contribution >= 0.6 is 0 Å². The largest absolute Gasteiger partial charge is 0.388 e. The van der Waals surface area contributed by atoms with Crippen molar-refractivity contribution in [2.45, 2.75) is 192 Å². The first kappa shape index (κ1) is 37.5. The maximum absolute atomic E-state index is 13.5. The van der Waals surface area contributed by atoms with Gasteiger partial charge in [-0.05, 0) is 33.1 Å². The molecule has 0 aromatic heterocycles. The van der Waals surface area contributed by atoms with Crippen molar-refractivity contribution in [3.63, 3.8) is 0 Å². The summed E-state index contributed by atoms with van der Waals surface area (Å²) in [7, 11) is 0. The van der Waals surface area contributed by atoms with Gasteiger partial charge in [-0.25, -0.2) is 0 Å². The molecule has 42 heavy (non-hydrogen) atoms. The Hall–Kier alpha value is -0.690. The number of rotatable bonds is 20. The molecule has 10 heteroatoms. The minimum atomic E-state index is -1.60. The summed E-state index contributed by atoms with van der Waals surface area (Å²) in [5, 5.41) is 52.4. The molecule has 2 heterocycles. The standard InChI is InChI=1S/C32H60O10/c1-6-9-11-13-15-17-22(8-3)24(33)19-23(18-16-14-12-10-7-2)41-32-30(28(37)26(35)21(5)40-32)42-31-29(38)27(36)25(34)20(4)39-31/h20-23,25-32,34-38H,6-19H2,1-5H3. The number of hydrogen-bond donors (Lipinski definition) is 5. The number of Topliss-reactive ketones (excluding diaryl/α,β-unsaturated/α-hetero) is 1. The fourth-order valence-corrected chi connectivity index (χ4v) is 5.90. The molecule has 248 valence electrons. The van der Waals surface area contributed by atoms with Crippen molar-refractivity contribution in [3.8, 4) is 0 Å². The Morgan fingerprint density at radius 2 is 1.19 bits per heavy atom. The second kappa shape index (κ2) is 19.6. The Bertz CT molecular complexity index is 738. The monoisotopic (exact) mass is 604 g/mol. The highest BCUT2D eigenvalue weighted by Crippen LogP contribution is 2.31. The SMILES string of the molecule is CCCCCCCC(CC(=O)C(CC)CCCCCCC)OC1OC(C)C(O)C(O)C1OC1OC(C)C(O)C(O)C1O. The lowest BCUT2D eigenvalue weighted by Gasteiger charge is -2.46. The zero-order valence-electron chi connectivity index (χ0n) is 26.6. The van der Waals surface area contributed by atoms with Crippen molar-refractivity contribution < 1.29 is 49.3 Å². The summed E-state index contributed by atoms with van der Waals surface area (Å²) in [5.74, 6) is 0.120. The maximum Gasteiger partial charge on any atom is 0.187 e. The molecule has 0 aromatic rings. The van der Waals surface area contributed by atoms with Gasteiger partial charge in [0.25, 0.3) is 0 Å². The lowest BCUT2D eigenvalue weighted by molar-refractivity contribution is -0.366. The van der Waals surface area contributed by atoms with E-state index in [4.69, 9.17) is 18.9 Å². The molecule has 2 rings (SSSR count). The van der Waals surface area contributed by atoms with Gasteiger partial charge in [0.15, 0.2) is 12.6 Å². The topological polar surface area (TPSA) is 155 Å². The highest BCUT2D eigenvalue weighted by Gasteiger charge is 2.50. The Kier molecular flexibility index (Phi) is 17.5. The van der Waals surface area contributed by atoms with Gasteiger partial charge in [0.1, 0.15) is 42.4 Å². The smallest absolute Gasteiger partial charge is 0.187 e. The molecular formula is C32H60O10. The highest BCUT2D eigenvalue weighted by molar-refractivity contribution is 5.81. The number of aliphatic hydroxyl groups excluding tert-OH is 5. The fraction of sp³-hybridized carbons (Fsp3) is 0.969. The summed E-state index contributed by atoms with van der Waals surface area (Å²) in [6.45, 7) is 9.54. The van der Waals surface area contributed by atoms with Gasteiger partial charge in [0.2, 0.25) is 0 Å². The average molecular weight is 605 g/mol. The molecule has 0 aliphatic carbocycles. The van der Waals surface area contributed by atoms with Gasteiger partial charge in [-0.3, -0.25) is 4.79 Å². The van der Waals surface area contributed by atoms with Crippen LogP contribution in [0.2, 0.25) is 0 Å². The lowest BCUT2D eigenvalue weighted by atomic mass is 9.90. The highest BCUT2D eigenvalue weighted by atomic mass is 16.8. The molecule has 0 bridgehead atoms. The summed E-state index contributed by atoms with van der Waals surface area (Å²) in [6.07, 6.45) is 0.348. The van der Waals surface area contributed by atoms with Crippen LogP contribution in [0, 0.1) is 5.92 Å². The predicted octanol–water partition coefficient (Wildman–Crippen LogP) is 3.76. The number of carbonyl (C=O) groups excluding carboxylic acids is 1. The summed E-state index contributed by atoms with van der Waals surface area (Å²) in [4.78, 5) is 13.5. The lowest BCUT2D eigenvalue weighted by Crippen LogP contribution is -2.63. The first-order chi connectivity index (χ1) is 20.0. The number of hydrogen-bond acceptors (Lipinski definition) is 10. The normalized spacial score (nSPS) is 35.2. The van der Waals surface area contributed by atoms with E-state index in [1.54, 1.807) is 6.92 Å². The van der Waals surface area contributed by atoms with Crippen molar-refractivity contribution in [1.82, 2.24) is 0 Å². The van der Waals surface area contributed by atoms with Crippen molar-refractivity contribution in [3.05, 3.63) is 0 Å². The van der Waals surface area contributed by atoms with Gasteiger partial charge in [-0.2, -0.15) is 0 Å². The molecule has 10 nitrogen and oxygen atoms in total. The quantitative estimate of drug-likeness (QED) is 0.130. The van der Waals surface area contributed by atoms with Gasteiger partial charge in [-0.1, -0.05) is 85.0 Å². The van der Waals surface area contributed by atoms with E-state index in [1.165, 1.54) is 26.2 Å². The van der Waals surface area contributed by atoms with Crippen LogP contribution in [0.3, 0.4) is 0 Å². The minimum Gasteiger partial charge on any atom is -0.388 e. The molecule has 2 fully saturated rings. The van der Waals surface area contributed by atoms with Crippen molar-refractivity contribution in [2.24, 2.45) is 5.92 Å². The van der Waals surface area contributed by atoms with Crippen molar-refractivity contribution in [1.29, 1.82) is 0 Å². The van der Waals surface area contributed by atoms with E-state index in [-0.39, 0.29) is 18.1 Å². The minimum absolute atomic E-state index is 0.0383. The Morgan fingerprint density at radius 3 is 1.76 bits per heavy atom. The number of ether oxygens (including phenoxy) is 4. The van der Waals surface area contributed by atoms with Crippen molar-refractivity contribution in [2.75, 3.05) is 0 Å². The van der Waals surface area contributed by atoms with Crippen LogP contribution in [0.5, 0.6) is 0 Å². The van der Waals surface area contributed by atoms with Gasteiger partial charge in [0.05, 0.1) is 18.3 Å².